The second-order valence-electron chi connectivity index (χ2n) is 3.23. The van der Waals surface area contributed by atoms with Crippen LogP contribution in [0.3, 0.4) is 0 Å². The molecule has 1 aromatic rings. The van der Waals surface area contributed by atoms with E-state index in [0.29, 0.717) is 17.1 Å². The fraction of sp³-hybridized carbons (Fsp3) is 0.300. The third kappa shape index (κ3) is 3.81. The van der Waals surface area contributed by atoms with Gasteiger partial charge in [0.15, 0.2) is 0 Å². The van der Waals surface area contributed by atoms with Crippen molar-refractivity contribution in [2.24, 2.45) is 5.11 Å². The van der Waals surface area contributed by atoms with Crippen molar-refractivity contribution in [1.82, 2.24) is 5.32 Å². The summed E-state index contributed by atoms with van der Waals surface area (Å²) in [6.07, 6.45) is 0. The van der Waals surface area contributed by atoms with Gasteiger partial charge in [-0.3, -0.25) is 4.79 Å². The van der Waals surface area contributed by atoms with Gasteiger partial charge in [-0.2, -0.15) is 0 Å². The van der Waals surface area contributed by atoms with Crippen LogP contribution >= 0.6 is 11.6 Å². The molecule has 84 valence electrons. The highest BCUT2D eigenvalue weighted by Gasteiger charge is 2.05. The number of hydrogen-bond donors (Lipinski definition) is 1. The summed E-state index contributed by atoms with van der Waals surface area (Å²) in [7, 11) is 0. The van der Waals surface area contributed by atoms with Crippen molar-refractivity contribution >= 4 is 17.5 Å². The van der Waals surface area contributed by atoms with Crippen molar-refractivity contribution < 1.29 is 4.79 Å². The van der Waals surface area contributed by atoms with Gasteiger partial charge in [-0.25, -0.2) is 0 Å². The Morgan fingerprint density at radius 2 is 2.31 bits per heavy atom. The van der Waals surface area contributed by atoms with Gasteiger partial charge in [0.25, 0.3) is 5.91 Å². The monoisotopic (exact) mass is 238 g/mol. The number of rotatable bonds is 4. The quantitative estimate of drug-likeness (QED) is 0.372. The molecule has 0 heterocycles. The molecule has 0 unspecified atom stereocenters. The first-order valence-electron chi connectivity index (χ1n) is 4.69. The van der Waals surface area contributed by atoms with Crippen LogP contribution in [0.15, 0.2) is 23.3 Å². The van der Waals surface area contributed by atoms with Crippen LogP contribution in [0.4, 0.5) is 0 Å². The van der Waals surface area contributed by atoms with E-state index in [1.807, 2.05) is 6.92 Å². The Kier molecular flexibility index (Phi) is 4.64. The molecule has 6 heteroatoms. The van der Waals surface area contributed by atoms with E-state index >= 15 is 0 Å². The van der Waals surface area contributed by atoms with Crippen molar-refractivity contribution in [3.63, 3.8) is 0 Å². The molecule has 0 aliphatic rings. The number of halogens is 1. The molecule has 1 rings (SSSR count). The second kappa shape index (κ2) is 6.00. The van der Waals surface area contributed by atoms with Crippen LogP contribution in [0.25, 0.3) is 10.4 Å². The molecule has 0 spiro atoms. The molecule has 0 aliphatic carbocycles. The lowest BCUT2D eigenvalue weighted by atomic mass is 10.1. The summed E-state index contributed by atoms with van der Waals surface area (Å²) in [5.41, 5.74) is 9.48. The number of nitrogens with zero attached hydrogens (tertiary/aromatic N) is 3. The van der Waals surface area contributed by atoms with E-state index in [2.05, 4.69) is 15.3 Å². The highest BCUT2D eigenvalue weighted by atomic mass is 35.5. The zero-order valence-corrected chi connectivity index (χ0v) is 9.53. The zero-order chi connectivity index (χ0) is 12.0. The second-order valence-corrected chi connectivity index (χ2v) is 3.66. The van der Waals surface area contributed by atoms with Gasteiger partial charge in [0.1, 0.15) is 0 Å². The lowest BCUT2D eigenvalue weighted by Crippen LogP contribution is -2.25. The number of hydrogen-bond acceptors (Lipinski definition) is 2. The maximum Gasteiger partial charge on any atom is 0.251 e. The normalized spacial score (nSPS) is 9.38. The van der Waals surface area contributed by atoms with Crippen LogP contribution in [-0.2, 0) is 0 Å². The molecule has 0 radical (unpaired) electrons. The highest BCUT2D eigenvalue weighted by molar-refractivity contribution is 6.31. The van der Waals surface area contributed by atoms with E-state index < -0.39 is 0 Å². The molecule has 16 heavy (non-hydrogen) atoms. The fourth-order valence-electron chi connectivity index (χ4n) is 1.23. The van der Waals surface area contributed by atoms with E-state index in [9.17, 15) is 4.79 Å². The zero-order valence-electron chi connectivity index (χ0n) is 8.77. The van der Waals surface area contributed by atoms with Crippen molar-refractivity contribution in [2.45, 2.75) is 6.92 Å². The minimum Gasteiger partial charge on any atom is -0.352 e. The summed E-state index contributed by atoms with van der Waals surface area (Å²) in [6, 6.07) is 5.12. The lowest BCUT2D eigenvalue weighted by Gasteiger charge is -2.04. The average molecular weight is 239 g/mol. The van der Waals surface area contributed by atoms with Crippen LogP contribution in [-0.4, -0.2) is 19.0 Å². The van der Waals surface area contributed by atoms with Crippen molar-refractivity contribution in [1.29, 1.82) is 0 Å². The van der Waals surface area contributed by atoms with Gasteiger partial charge in [0.05, 0.1) is 0 Å². The largest absolute Gasteiger partial charge is 0.352 e. The number of nitrogens with one attached hydrogen (secondary N) is 1. The predicted molar refractivity (Wildman–Crippen MR) is 62.5 cm³/mol. The third-order valence-corrected chi connectivity index (χ3v) is 2.08. The van der Waals surface area contributed by atoms with Gasteiger partial charge in [-0.15, -0.1) is 0 Å². The first-order chi connectivity index (χ1) is 7.63. The Balaban J connectivity index is 2.62. The Hall–Kier alpha value is -1.71. The van der Waals surface area contributed by atoms with E-state index in [4.69, 9.17) is 17.1 Å². The maximum atomic E-state index is 11.6. The summed E-state index contributed by atoms with van der Waals surface area (Å²) in [4.78, 5) is 14.2. The van der Waals surface area contributed by atoms with E-state index in [0.717, 1.165) is 5.56 Å². The number of benzene rings is 1. The Morgan fingerprint density at radius 3 is 2.94 bits per heavy atom. The van der Waals surface area contributed by atoms with Crippen molar-refractivity contribution in [3.8, 4) is 0 Å². The molecule has 0 aromatic heterocycles. The van der Waals surface area contributed by atoms with Crippen molar-refractivity contribution in [2.75, 3.05) is 13.1 Å². The van der Waals surface area contributed by atoms with Crippen molar-refractivity contribution in [3.05, 3.63) is 44.8 Å². The summed E-state index contributed by atoms with van der Waals surface area (Å²) in [5.74, 6) is -0.223. The van der Waals surface area contributed by atoms with Crippen LogP contribution in [0.5, 0.6) is 0 Å². The van der Waals surface area contributed by atoms with E-state index in [-0.39, 0.29) is 12.5 Å². The van der Waals surface area contributed by atoms with Gasteiger partial charge in [-0.1, -0.05) is 16.7 Å². The third-order valence-electron chi connectivity index (χ3n) is 1.86. The van der Waals surface area contributed by atoms with E-state index in [1.165, 1.54) is 0 Å². The Labute approximate surface area is 98.0 Å². The predicted octanol–water partition coefficient (Wildman–Crippen LogP) is 2.69. The topological polar surface area (TPSA) is 77.9 Å². The van der Waals surface area contributed by atoms with Gasteiger partial charge in [0.2, 0.25) is 0 Å². The van der Waals surface area contributed by atoms with Gasteiger partial charge < -0.3 is 5.32 Å². The lowest BCUT2D eigenvalue weighted by molar-refractivity contribution is 0.0954. The number of aryl methyl sites for hydroxylation is 1. The summed E-state index contributed by atoms with van der Waals surface area (Å²) in [6.45, 7) is 2.42. The molecule has 1 N–H and O–H groups in total. The minimum atomic E-state index is -0.223. The van der Waals surface area contributed by atoms with Gasteiger partial charge in [-0.05, 0) is 36.2 Å². The fourth-order valence-corrected chi connectivity index (χ4v) is 1.52. The molecular formula is C10H11ClN4O. The van der Waals surface area contributed by atoms with Crippen LogP contribution in [0.2, 0.25) is 5.02 Å². The van der Waals surface area contributed by atoms with Gasteiger partial charge >= 0.3 is 0 Å². The Bertz CT molecular complexity index is 420. The molecule has 0 aliphatic heterocycles. The van der Waals surface area contributed by atoms with E-state index in [1.54, 1.807) is 18.2 Å². The number of carbonyl (C=O) groups excluding carboxylic acids is 1. The van der Waals surface area contributed by atoms with Crippen LogP contribution in [0, 0.1) is 6.92 Å². The molecule has 0 saturated carbocycles. The minimum absolute atomic E-state index is 0.223. The number of amides is 1. The first kappa shape index (κ1) is 12.4. The number of carbonyl (C=O) groups is 1. The highest BCUT2D eigenvalue weighted by Crippen LogP contribution is 2.14. The smallest absolute Gasteiger partial charge is 0.251 e. The molecule has 5 nitrogen and oxygen atoms in total. The molecule has 0 atom stereocenters. The number of azide groups is 1. The molecular weight excluding hydrogens is 228 g/mol. The molecule has 0 saturated heterocycles. The first-order valence-corrected chi connectivity index (χ1v) is 5.07. The average Bonchev–Trinajstić information content (AvgIpc) is 2.22. The summed E-state index contributed by atoms with van der Waals surface area (Å²) >= 11 is 5.83. The van der Waals surface area contributed by atoms with Crippen LogP contribution < -0.4 is 5.32 Å². The summed E-state index contributed by atoms with van der Waals surface area (Å²) in [5, 5.41) is 6.47. The molecule has 0 fully saturated rings. The summed E-state index contributed by atoms with van der Waals surface area (Å²) < 4.78 is 0. The molecule has 0 bridgehead atoms. The van der Waals surface area contributed by atoms with Crippen LogP contribution in [0.1, 0.15) is 15.9 Å². The molecule has 1 aromatic carbocycles. The Morgan fingerprint density at radius 1 is 1.56 bits per heavy atom. The molecule has 1 amide bonds. The maximum absolute atomic E-state index is 11.6. The SMILES string of the molecule is Cc1cc(Cl)cc(C(=O)NCCN=[N+]=[N-])c1. The standard InChI is InChI=1S/C10H11ClN4O/c1-7-4-8(6-9(11)5-7)10(16)13-2-3-14-15-12/h4-6H,2-3H2,1H3,(H,13,16). The van der Waals surface area contributed by atoms with Gasteiger partial charge in [0, 0.05) is 28.6 Å².